The number of anilines is 1. The Kier molecular flexibility index (Phi) is 4.37. The molecule has 0 unspecified atom stereocenters. The highest BCUT2D eigenvalue weighted by Gasteiger charge is 2.01. The monoisotopic (exact) mass is 265 g/mol. The van der Waals surface area contributed by atoms with E-state index in [1.54, 1.807) is 12.1 Å². The molecule has 1 N–H and O–H groups in total. The van der Waals surface area contributed by atoms with Crippen molar-refractivity contribution in [3.8, 4) is 6.07 Å². The van der Waals surface area contributed by atoms with Crippen molar-refractivity contribution in [2.45, 2.75) is 33.2 Å². The summed E-state index contributed by atoms with van der Waals surface area (Å²) in [6.07, 6.45) is 0. The van der Waals surface area contributed by atoms with E-state index in [-0.39, 0.29) is 0 Å². The van der Waals surface area contributed by atoms with Gasteiger partial charge in [0.15, 0.2) is 0 Å². The molecule has 2 aromatic rings. The molecule has 3 nitrogen and oxygen atoms in total. The van der Waals surface area contributed by atoms with Gasteiger partial charge in [-0.3, -0.25) is 0 Å². The number of aromatic nitrogens is 1. The zero-order chi connectivity index (χ0) is 14.5. The Morgan fingerprint density at radius 1 is 1.20 bits per heavy atom. The third-order valence-corrected chi connectivity index (χ3v) is 3.20. The van der Waals surface area contributed by atoms with Crippen molar-refractivity contribution < 1.29 is 0 Å². The minimum absolute atomic E-state index is 0.550. The predicted octanol–water partition coefficient (Wildman–Crippen LogP) is 4.00. The van der Waals surface area contributed by atoms with E-state index in [2.05, 4.69) is 54.5 Å². The van der Waals surface area contributed by atoms with Crippen LogP contribution < -0.4 is 5.32 Å². The minimum atomic E-state index is 0.550. The van der Waals surface area contributed by atoms with Gasteiger partial charge in [-0.15, -0.1) is 0 Å². The van der Waals surface area contributed by atoms with E-state index >= 15 is 0 Å². The average Bonchev–Trinajstić information content (AvgIpc) is 2.45. The van der Waals surface area contributed by atoms with E-state index in [1.165, 1.54) is 11.1 Å². The normalized spacial score (nSPS) is 10.3. The quantitative estimate of drug-likeness (QED) is 0.909. The molecule has 0 bridgehead atoms. The second-order valence-electron chi connectivity index (χ2n) is 5.24. The van der Waals surface area contributed by atoms with E-state index in [0.717, 1.165) is 11.5 Å². The molecule has 0 atom stereocenters. The molecule has 102 valence electrons. The van der Waals surface area contributed by atoms with E-state index in [9.17, 15) is 0 Å². The predicted molar refractivity (Wildman–Crippen MR) is 81.5 cm³/mol. The van der Waals surface area contributed by atoms with Crippen LogP contribution in [0.3, 0.4) is 0 Å². The highest BCUT2D eigenvalue weighted by Crippen LogP contribution is 2.16. The topological polar surface area (TPSA) is 48.7 Å². The number of rotatable bonds is 4. The number of nitrogens with one attached hydrogen (secondary N) is 1. The first-order chi connectivity index (χ1) is 9.58. The van der Waals surface area contributed by atoms with Crippen molar-refractivity contribution in [1.82, 2.24) is 4.98 Å². The van der Waals surface area contributed by atoms with Crippen LogP contribution in [0, 0.1) is 18.3 Å². The zero-order valence-corrected chi connectivity index (χ0v) is 12.1. The Bertz CT molecular complexity index is 622. The number of nitrogens with zero attached hydrogens (tertiary/aromatic N) is 2. The molecule has 1 heterocycles. The van der Waals surface area contributed by atoms with E-state index in [1.807, 2.05) is 6.92 Å². The van der Waals surface area contributed by atoms with Gasteiger partial charge in [-0.05, 0) is 36.1 Å². The van der Waals surface area contributed by atoms with Gasteiger partial charge in [0.1, 0.15) is 5.82 Å². The van der Waals surface area contributed by atoms with Crippen LogP contribution in [0.25, 0.3) is 0 Å². The van der Waals surface area contributed by atoms with E-state index < -0.39 is 0 Å². The standard InChI is InChI=1S/C17H19N3/c1-12(2)16-6-4-14(5-7-16)11-19-17-9-15(10-18)8-13(3)20-17/h4-9,12H,11H2,1-3H3,(H,19,20). The molecule has 0 aliphatic heterocycles. The smallest absolute Gasteiger partial charge is 0.127 e. The van der Waals surface area contributed by atoms with Crippen molar-refractivity contribution in [1.29, 1.82) is 5.26 Å². The summed E-state index contributed by atoms with van der Waals surface area (Å²) in [6.45, 7) is 6.98. The Labute approximate surface area is 120 Å². The molecule has 0 aliphatic carbocycles. The summed E-state index contributed by atoms with van der Waals surface area (Å²) >= 11 is 0. The molecule has 2 rings (SSSR count). The van der Waals surface area contributed by atoms with Crippen LogP contribution in [0.4, 0.5) is 5.82 Å². The minimum Gasteiger partial charge on any atom is -0.366 e. The lowest BCUT2D eigenvalue weighted by molar-refractivity contribution is 0.865. The van der Waals surface area contributed by atoms with Gasteiger partial charge in [0, 0.05) is 12.2 Å². The summed E-state index contributed by atoms with van der Waals surface area (Å²) in [7, 11) is 0. The molecule has 0 spiro atoms. The molecular formula is C17H19N3. The van der Waals surface area contributed by atoms with E-state index in [0.29, 0.717) is 18.0 Å². The molecule has 20 heavy (non-hydrogen) atoms. The summed E-state index contributed by atoms with van der Waals surface area (Å²) < 4.78 is 0. The average molecular weight is 265 g/mol. The van der Waals surface area contributed by atoms with Gasteiger partial charge in [-0.25, -0.2) is 4.98 Å². The maximum absolute atomic E-state index is 8.95. The molecule has 0 amide bonds. The molecule has 0 saturated carbocycles. The fourth-order valence-electron chi connectivity index (χ4n) is 2.04. The fraction of sp³-hybridized carbons (Fsp3) is 0.294. The lowest BCUT2D eigenvalue weighted by Gasteiger charge is -2.09. The molecule has 0 saturated heterocycles. The maximum atomic E-state index is 8.95. The lowest BCUT2D eigenvalue weighted by atomic mass is 10.0. The van der Waals surface area contributed by atoms with Crippen LogP contribution in [-0.4, -0.2) is 4.98 Å². The van der Waals surface area contributed by atoms with Gasteiger partial charge >= 0.3 is 0 Å². The van der Waals surface area contributed by atoms with Crippen molar-refractivity contribution >= 4 is 5.82 Å². The Balaban J connectivity index is 2.05. The number of nitriles is 1. The third kappa shape index (κ3) is 3.58. The van der Waals surface area contributed by atoms with Gasteiger partial charge in [0.2, 0.25) is 0 Å². The molecule has 0 fully saturated rings. The largest absolute Gasteiger partial charge is 0.366 e. The first kappa shape index (κ1) is 14.1. The Morgan fingerprint density at radius 3 is 2.50 bits per heavy atom. The number of pyridine rings is 1. The number of aryl methyl sites for hydroxylation is 1. The van der Waals surface area contributed by atoms with Crippen molar-refractivity contribution in [2.75, 3.05) is 5.32 Å². The van der Waals surface area contributed by atoms with Gasteiger partial charge in [-0.2, -0.15) is 5.26 Å². The summed E-state index contributed by atoms with van der Waals surface area (Å²) in [4.78, 5) is 4.38. The number of hydrogen-bond donors (Lipinski definition) is 1. The van der Waals surface area contributed by atoms with Crippen LogP contribution in [0.15, 0.2) is 36.4 Å². The summed E-state index contributed by atoms with van der Waals surface area (Å²) in [5.74, 6) is 1.29. The Hall–Kier alpha value is -2.34. The fourth-order valence-corrected chi connectivity index (χ4v) is 2.04. The first-order valence-electron chi connectivity index (χ1n) is 6.80. The SMILES string of the molecule is Cc1cc(C#N)cc(NCc2ccc(C(C)C)cc2)n1. The molecule has 3 heteroatoms. The van der Waals surface area contributed by atoms with Gasteiger partial charge in [-0.1, -0.05) is 38.1 Å². The second kappa shape index (κ2) is 6.21. The van der Waals surface area contributed by atoms with Gasteiger partial charge < -0.3 is 5.32 Å². The molecular weight excluding hydrogens is 246 g/mol. The second-order valence-corrected chi connectivity index (χ2v) is 5.24. The number of benzene rings is 1. The summed E-state index contributed by atoms with van der Waals surface area (Å²) in [5, 5.41) is 12.2. The van der Waals surface area contributed by atoms with Crippen molar-refractivity contribution in [2.24, 2.45) is 0 Å². The molecule has 1 aromatic carbocycles. The Morgan fingerprint density at radius 2 is 1.90 bits per heavy atom. The highest BCUT2D eigenvalue weighted by molar-refractivity contribution is 5.44. The molecule has 1 aromatic heterocycles. The lowest BCUT2D eigenvalue weighted by Crippen LogP contribution is -2.03. The van der Waals surface area contributed by atoms with Crippen LogP contribution in [0.5, 0.6) is 0 Å². The summed E-state index contributed by atoms with van der Waals surface area (Å²) in [6, 6.07) is 14.3. The van der Waals surface area contributed by atoms with Crippen LogP contribution in [0.2, 0.25) is 0 Å². The van der Waals surface area contributed by atoms with Crippen molar-refractivity contribution in [3.05, 3.63) is 58.8 Å². The van der Waals surface area contributed by atoms with Gasteiger partial charge in [0.25, 0.3) is 0 Å². The van der Waals surface area contributed by atoms with Gasteiger partial charge in [0.05, 0.1) is 11.6 Å². The van der Waals surface area contributed by atoms with Crippen LogP contribution >= 0.6 is 0 Å². The molecule has 0 radical (unpaired) electrons. The first-order valence-corrected chi connectivity index (χ1v) is 6.80. The van der Waals surface area contributed by atoms with Crippen LogP contribution in [0.1, 0.15) is 42.1 Å². The summed E-state index contributed by atoms with van der Waals surface area (Å²) in [5.41, 5.74) is 4.03. The zero-order valence-electron chi connectivity index (χ0n) is 12.1. The third-order valence-electron chi connectivity index (χ3n) is 3.20. The molecule has 0 aliphatic rings. The maximum Gasteiger partial charge on any atom is 0.127 e. The van der Waals surface area contributed by atoms with Crippen molar-refractivity contribution in [3.63, 3.8) is 0 Å². The van der Waals surface area contributed by atoms with Crippen LogP contribution in [-0.2, 0) is 6.54 Å². The number of hydrogen-bond acceptors (Lipinski definition) is 3. The van der Waals surface area contributed by atoms with E-state index in [4.69, 9.17) is 5.26 Å². The highest BCUT2D eigenvalue weighted by atomic mass is 15.0.